The zero-order valence-electron chi connectivity index (χ0n) is 14.8. The van der Waals surface area contributed by atoms with Crippen molar-refractivity contribution in [2.24, 2.45) is 0 Å². The summed E-state index contributed by atoms with van der Waals surface area (Å²) in [5.41, 5.74) is -0.0854. The van der Waals surface area contributed by atoms with Crippen LogP contribution in [0.2, 0.25) is 0 Å². The van der Waals surface area contributed by atoms with Crippen molar-refractivity contribution in [1.82, 2.24) is 15.1 Å². The second-order valence-electron chi connectivity index (χ2n) is 5.72. The normalized spacial score (nSPS) is 12.6. The van der Waals surface area contributed by atoms with Crippen molar-refractivity contribution in [3.63, 3.8) is 0 Å². The van der Waals surface area contributed by atoms with Gasteiger partial charge in [-0.05, 0) is 38.1 Å². The molecule has 2 aromatic rings. The van der Waals surface area contributed by atoms with Gasteiger partial charge in [-0.15, -0.1) is 0 Å². The average Bonchev–Trinajstić information content (AvgIpc) is 2.95. The number of nitrogens with one attached hydrogen (secondary N) is 1. The van der Waals surface area contributed by atoms with Gasteiger partial charge in [0.1, 0.15) is 18.0 Å². The third kappa shape index (κ3) is 4.47. The van der Waals surface area contributed by atoms with Gasteiger partial charge in [0.05, 0.1) is 20.3 Å². The van der Waals surface area contributed by atoms with Crippen LogP contribution < -0.4 is 14.8 Å². The number of hydrogen-bond acceptors (Lipinski definition) is 4. The van der Waals surface area contributed by atoms with Crippen molar-refractivity contribution in [3.05, 3.63) is 41.2 Å². The number of methoxy groups -OCH3 is 2. The van der Waals surface area contributed by atoms with Crippen LogP contribution in [0, 0.1) is 6.92 Å². The molecule has 0 saturated carbocycles. The van der Waals surface area contributed by atoms with Gasteiger partial charge in [-0.3, -0.25) is 9.48 Å². The Morgan fingerprint density at radius 2 is 1.96 bits per heavy atom. The Kier molecular flexibility index (Phi) is 5.79. The van der Waals surface area contributed by atoms with Crippen molar-refractivity contribution in [3.8, 4) is 11.5 Å². The molecule has 0 saturated heterocycles. The summed E-state index contributed by atoms with van der Waals surface area (Å²) in [4.78, 5) is 12.2. The molecule has 142 valence electrons. The van der Waals surface area contributed by atoms with Crippen LogP contribution in [0.3, 0.4) is 0 Å². The lowest BCUT2D eigenvalue weighted by molar-refractivity contribution is -0.141. The molecule has 1 unspecified atom stereocenters. The van der Waals surface area contributed by atoms with Gasteiger partial charge >= 0.3 is 6.18 Å². The minimum Gasteiger partial charge on any atom is -0.497 e. The molecule has 0 spiro atoms. The molecule has 1 aromatic heterocycles. The van der Waals surface area contributed by atoms with Crippen molar-refractivity contribution in [2.75, 3.05) is 14.2 Å². The Hall–Kier alpha value is -2.71. The van der Waals surface area contributed by atoms with Gasteiger partial charge < -0.3 is 14.8 Å². The van der Waals surface area contributed by atoms with E-state index in [4.69, 9.17) is 9.47 Å². The van der Waals surface area contributed by atoms with Gasteiger partial charge in [0, 0.05) is 11.3 Å². The molecule has 0 bridgehead atoms. The van der Waals surface area contributed by atoms with Gasteiger partial charge in [0.2, 0.25) is 5.91 Å². The summed E-state index contributed by atoms with van der Waals surface area (Å²) in [7, 11) is 3.03. The zero-order chi connectivity index (χ0) is 19.5. The number of rotatable bonds is 6. The van der Waals surface area contributed by atoms with Crippen molar-refractivity contribution >= 4 is 5.91 Å². The van der Waals surface area contributed by atoms with Crippen LogP contribution in [-0.2, 0) is 17.5 Å². The molecule has 0 aliphatic rings. The molecular weight excluding hydrogens is 351 g/mol. The van der Waals surface area contributed by atoms with Gasteiger partial charge in [0.15, 0.2) is 5.69 Å². The highest BCUT2D eigenvalue weighted by Crippen LogP contribution is 2.30. The van der Waals surface area contributed by atoms with Gasteiger partial charge in [0.25, 0.3) is 0 Å². The molecule has 1 atom stereocenters. The van der Waals surface area contributed by atoms with E-state index < -0.39 is 23.8 Å². The molecule has 1 N–H and O–H groups in total. The molecule has 26 heavy (non-hydrogen) atoms. The van der Waals surface area contributed by atoms with Gasteiger partial charge in [-0.2, -0.15) is 18.3 Å². The van der Waals surface area contributed by atoms with Crippen LogP contribution >= 0.6 is 0 Å². The summed E-state index contributed by atoms with van der Waals surface area (Å²) in [6.45, 7) is 2.88. The van der Waals surface area contributed by atoms with Crippen LogP contribution in [0.4, 0.5) is 13.2 Å². The molecule has 9 heteroatoms. The standard InChI is InChI=1S/C17H20F3N3O3/c1-10-7-15(17(18,19)20)22-23(10)9-16(24)21-11(2)13-8-12(25-3)5-6-14(13)26-4/h5-8,11H,9H2,1-4H3,(H,21,24). The predicted molar refractivity (Wildman–Crippen MR) is 88.1 cm³/mol. The number of carbonyl (C=O) groups is 1. The largest absolute Gasteiger partial charge is 0.497 e. The number of halogens is 3. The first-order valence-corrected chi connectivity index (χ1v) is 7.78. The minimum absolute atomic E-state index is 0.249. The highest BCUT2D eigenvalue weighted by molar-refractivity contribution is 5.76. The smallest absolute Gasteiger partial charge is 0.435 e. The Balaban J connectivity index is 2.12. The van der Waals surface area contributed by atoms with E-state index in [1.54, 1.807) is 25.1 Å². The molecule has 0 radical (unpaired) electrons. The highest BCUT2D eigenvalue weighted by atomic mass is 19.4. The molecule has 1 aromatic carbocycles. The van der Waals surface area contributed by atoms with E-state index >= 15 is 0 Å². The number of alkyl halides is 3. The van der Waals surface area contributed by atoms with E-state index in [0.717, 1.165) is 10.7 Å². The van der Waals surface area contributed by atoms with E-state index in [1.165, 1.54) is 21.1 Å². The fraction of sp³-hybridized carbons (Fsp3) is 0.412. The summed E-state index contributed by atoms with van der Waals surface area (Å²) in [6, 6.07) is 5.63. The number of aromatic nitrogens is 2. The predicted octanol–water partition coefficient (Wildman–Crippen LogP) is 3.10. The second-order valence-corrected chi connectivity index (χ2v) is 5.72. The monoisotopic (exact) mass is 371 g/mol. The summed E-state index contributed by atoms with van der Waals surface area (Å²) in [5.74, 6) is 0.690. The maximum atomic E-state index is 12.7. The molecule has 2 rings (SSSR count). The summed E-state index contributed by atoms with van der Waals surface area (Å²) >= 11 is 0. The quantitative estimate of drug-likeness (QED) is 0.848. The first-order chi connectivity index (χ1) is 12.2. The lowest BCUT2D eigenvalue weighted by Crippen LogP contribution is -2.31. The van der Waals surface area contributed by atoms with Crippen molar-refractivity contribution in [2.45, 2.75) is 32.6 Å². The fourth-order valence-electron chi connectivity index (χ4n) is 2.49. The maximum absolute atomic E-state index is 12.7. The highest BCUT2D eigenvalue weighted by Gasteiger charge is 2.34. The third-order valence-corrected chi connectivity index (χ3v) is 3.85. The zero-order valence-corrected chi connectivity index (χ0v) is 14.8. The number of hydrogen-bond donors (Lipinski definition) is 1. The number of amides is 1. The molecule has 1 amide bonds. The molecule has 1 heterocycles. The first-order valence-electron chi connectivity index (χ1n) is 7.78. The summed E-state index contributed by atoms with van der Waals surface area (Å²) in [6.07, 6.45) is -4.55. The second kappa shape index (κ2) is 7.67. The lowest BCUT2D eigenvalue weighted by Gasteiger charge is -2.18. The average molecular weight is 371 g/mol. The molecule has 6 nitrogen and oxygen atoms in total. The number of nitrogens with zero attached hydrogens (tertiary/aromatic N) is 2. The van der Waals surface area contributed by atoms with Crippen LogP contribution in [0.1, 0.15) is 29.9 Å². The number of carbonyl (C=O) groups excluding carboxylic acids is 1. The van der Waals surface area contributed by atoms with Crippen molar-refractivity contribution < 1.29 is 27.4 Å². The number of ether oxygens (including phenoxy) is 2. The fourth-order valence-corrected chi connectivity index (χ4v) is 2.49. The SMILES string of the molecule is COc1ccc(OC)c(C(C)NC(=O)Cn2nc(C(F)(F)F)cc2C)c1. The van der Waals surface area contributed by atoms with E-state index in [0.29, 0.717) is 17.1 Å². The van der Waals surface area contributed by atoms with Crippen LogP contribution in [0.5, 0.6) is 11.5 Å². The Morgan fingerprint density at radius 3 is 2.50 bits per heavy atom. The van der Waals surface area contributed by atoms with Crippen LogP contribution in [0.25, 0.3) is 0 Å². The van der Waals surface area contributed by atoms with Crippen LogP contribution in [-0.4, -0.2) is 29.9 Å². The van der Waals surface area contributed by atoms with E-state index in [1.807, 2.05) is 0 Å². The van der Waals surface area contributed by atoms with E-state index in [2.05, 4.69) is 10.4 Å². The Morgan fingerprint density at radius 1 is 1.27 bits per heavy atom. The number of aryl methyl sites for hydroxylation is 1. The Labute approximate surface area is 148 Å². The molecule has 0 aliphatic carbocycles. The maximum Gasteiger partial charge on any atom is 0.435 e. The topological polar surface area (TPSA) is 65.4 Å². The van der Waals surface area contributed by atoms with Gasteiger partial charge in [-0.1, -0.05) is 0 Å². The minimum atomic E-state index is -4.55. The van der Waals surface area contributed by atoms with E-state index in [-0.39, 0.29) is 12.2 Å². The first kappa shape index (κ1) is 19.6. The lowest BCUT2D eigenvalue weighted by atomic mass is 10.1. The third-order valence-electron chi connectivity index (χ3n) is 3.85. The summed E-state index contributed by atoms with van der Waals surface area (Å²) < 4.78 is 49.6. The number of benzene rings is 1. The van der Waals surface area contributed by atoms with Gasteiger partial charge in [-0.25, -0.2) is 0 Å². The molecule has 0 aliphatic heterocycles. The Bertz CT molecular complexity index is 787. The molecule has 0 fully saturated rings. The molecular formula is C17H20F3N3O3. The van der Waals surface area contributed by atoms with Crippen molar-refractivity contribution in [1.29, 1.82) is 0 Å². The van der Waals surface area contributed by atoms with E-state index in [9.17, 15) is 18.0 Å². The summed E-state index contributed by atoms with van der Waals surface area (Å²) in [5, 5.41) is 6.18. The van der Waals surface area contributed by atoms with Crippen LogP contribution in [0.15, 0.2) is 24.3 Å².